The number of ether oxygens (including phenoxy) is 3. The van der Waals surface area contributed by atoms with E-state index in [1.807, 2.05) is 0 Å². The Morgan fingerprint density at radius 3 is 1.39 bits per heavy atom. The fourth-order valence-electron chi connectivity index (χ4n) is 0.815. The van der Waals surface area contributed by atoms with E-state index in [1.165, 1.54) is 13.8 Å². The Balaban J connectivity index is 0. The fraction of sp³-hybridized carbons (Fsp3) is 0.471. The van der Waals surface area contributed by atoms with E-state index in [-0.39, 0.29) is 17.1 Å². The van der Waals surface area contributed by atoms with Crippen LogP contribution in [0, 0.1) is 0 Å². The lowest BCUT2D eigenvalue weighted by molar-refractivity contribution is -0.161. The molecule has 0 saturated heterocycles. The van der Waals surface area contributed by atoms with Gasteiger partial charge in [0, 0.05) is 16.7 Å². The summed E-state index contributed by atoms with van der Waals surface area (Å²) in [5.74, 6) is -1.46. The molecule has 0 aromatic rings. The quantitative estimate of drug-likeness (QED) is 0.295. The second-order valence-electron chi connectivity index (χ2n) is 4.81. The van der Waals surface area contributed by atoms with Gasteiger partial charge in [0.15, 0.2) is 0 Å². The maximum atomic E-state index is 10.8. The highest BCUT2D eigenvalue weighted by atomic mass is 16.7. The van der Waals surface area contributed by atoms with Gasteiger partial charge in [-0.1, -0.05) is 33.1 Å². The number of hydrogen-bond acceptors (Lipinski definition) is 6. The maximum Gasteiger partial charge on any atom is 0.335 e. The van der Waals surface area contributed by atoms with Gasteiger partial charge >= 0.3 is 17.9 Å². The number of rotatable bonds is 8. The molecule has 0 rings (SSSR count). The summed E-state index contributed by atoms with van der Waals surface area (Å²) in [6.07, 6.45) is 1.97. The lowest BCUT2D eigenvalue weighted by atomic mass is 10.3. The van der Waals surface area contributed by atoms with E-state index >= 15 is 0 Å². The summed E-state index contributed by atoms with van der Waals surface area (Å²) in [6, 6.07) is 0. The highest BCUT2D eigenvalue weighted by Gasteiger charge is 2.06. The molecule has 0 fully saturated rings. The lowest BCUT2D eigenvalue weighted by Gasteiger charge is -2.04. The topological polar surface area (TPSA) is 78.9 Å². The molecule has 0 aromatic heterocycles. The zero-order chi connectivity index (χ0) is 18.4. The highest BCUT2D eigenvalue weighted by molar-refractivity contribution is 5.88. The van der Waals surface area contributed by atoms with Crippen molar-refractivity contribution in [2.75, 3.05) is 13.4 Å². The van der Waals surface area contributed by atoms with Crippen molar-refractivity contribution in [3.63, 3.8) is 0 Å². The molecule has 130 valence electrons. The molecule has 0 atom stereocenters. The first kappa shape index (κ1) is 22.9. The van der Waals surface area contributed by atoms with Crippen LogP contribution in [0.25, 0.3) is 0 Å². The van der Waals surface area contributed by atoms with Gasteiger partial charge in [0.1, 0.15) is 0 Å². The van der Waals surface area contributed by atoms with E-state index < -0.39 is 18.7 Å². The third-order valence-corrected chi connectivity index (χ3v) is 2.16. The molecule has 0 saturated carbocycles. The van der Waals surface area contributed by atoms with Crippen LogP contribution in [0.3, 0.4) is 0 Å². The third kappa shape index (κ3) is 14.3. The minimum absolute atomic E-state index is 0.256. The lowest BCUT2D eigenvalue weighted by Crippen LogP contribution is -2.13. The van der Waals surface area contributed by atoms with Gasteiger partial charge in [-0.3, -0.25) is 0 Å². The average molecular weight is 326 g/mol. The first-order chi connectivity index (χ1) is 10.6. The van der Waals surface area contributed by atoms with Crippen LogP contribution in [-0.4, -0.2) is 31.3 Å². The molecule has 0 aliphatic rings. The van der Waals surface area contributed by atoms with Crippen LogP contribution in [0.5, 0.6) is 0 Å². The SMILES string of the molecule is C=C(C)C(=O)OCCCC.C=C(C)C(=O)OCOC(=O)C(=C)C. The molecule has 0 radical (unpaired) electrons. The molecule has 0 spiro atoms. The predicted molar refractivity (Wildman–Crippen MR) is 87.4 cm³/mol. The summed E-state index contributed by atoms with van der Waals surface area (Å²) in [7, 11) is 0. The van der Waals surface area contributed by atoms with E-state index in [1.54, 1.807) is 6.92 Å². The van der Waals surface area contributed by atoms with Crippen molar-refractivity contribution in [3.8, 4) is 0 Å². The zero-order valence-corrected chi connectivity index (χ0v) is 14.4. The van der Waals surface area contributed by atoms with Crippen molar-refractivity contribution in [2.45, 2.75) is 40.5 Å². The smallest absolute Gasteiger partial charge is 0.335 e. The van der Waals surface area contributed by atoms with Crippen LogP contribution in [-0.2, 0) is 28.6 Å². The molecule has 0 aliphatic carbocycles. The largest absolute Gasteiger partial charge is 0.462 e. The van der Waals surface area contributed by atoms with Crippen LogP contribution < -0.4 is 0 Å². The maximum absolute atomic E-state index is 10.8. The normalized spacial score (nSPS) is 8.87. The molecule has 6 nitrogen and oxygen atoms in total. The summed E-state index contributed by atoms with van der Waals surface area (Å²) in [5, 5.41) is 0. The zero-order valence-electron chi connectivity index (χ0n) is 14.4. The second kappa shape index (κ2) is 13.3. The Bertz CT molecular complexity index is 436. The molecular weight excluding hydrogens is 300 g/mol. The Hall–Kier alpha value is -2.37. The van der Waals surface area contributed by atoms with Gasteiger partial charge in [-0.05, 0) is 27.2 Å². The van der Waals surface area contributed by atoms with Gasteiger partial charge in [0.25, 0.3) is 0 Å². The molecular formula is C17H26O6. The Morgan fingerprint density at radius 1 is 0.739 bits per heavy atom. The summed E-state index contributed by atoms with van der Waals surface area (Å²) >= 11 is 0. The van der Waals surface area contributed by atoms with Crippen molar-refractivity contribution >= 4 is 17.9 Å². The van der Waals surface area contributed by atoms with Gasteiger partial charge in [-0.2, -0.15) is 0 Å². The van der Waals surface area contributed by atoms with Crippen molar-refractivity contribution < 1.29 is 28.6 Å². The summed E-state index contributed by atoms with van der Waals surface area (Å²) in [6.45, 7) is 17.0. The first-order valence-electron chi connectivity index (χ1n) is 7.11. The molecule has 0 amide bonds. The van der Waals surface area contributed by atoms with Crippen LogP contribution in [0.4, 0.5) is 0 Å². The minimum Gasteiger partial charge on any atom is -0.462 e. The van der Waals surface area contributed by atoms with E-state index in [2.05, 4.69) is 36.1 Å². The summed E-state index contributed by atoms with van der Waals surface area (Å²) < 4.78 is 13.8. The van der Waals surface area contributed by atoms with Gasteiger partial charge in [-0.25, -0.2) is 14.4 Å². The molecule has 0 aliphatic heterocycles. The summed E-state index contributed by atoms with van der Waals surface area (Å²) in [5.41, 5.74) is 0.980. The average Bonchev–Trinajstić information content (AvgIpc) is 2.47. The Labute approximate surface area is 137 Å². The molecule has 0 N–H and O–H groups in total. The number of carbonyl (C=O) groups excluding carboxylic acids is 3. The Morgan fingerprint density at radius 2 is 1.09 bits per heavy atom. The van der Waals surface area contributed by atoms with E-state index in [4.69, 9.17) is 4.74 Å². The van der Waals surface area contributed by atoms with Crippen LogP contribution in [0.2, 0.25) is 0 Å². The molecule has 23 heavy (non-hydrogen) atoms. The van der Waals surface area contributed by atoms with E-state index in [9.17, 15) is 14.4 Å². The molecule has 0 aromatic carbocycles. The fourth-order valence-corrected chi connectivity index (χ4v) is 0.815. The van der Waals surface area contributed by atoms with Crippen molar-refractivity contribution in [1.29, 1.82) is 0 Å². The number of hydrogen-bond donors (Lipinski definition) is 0. The third-order valence-electron chi connectivity index (χ3n) is 2.16. The van der Waals surface area contributed by atoms with Crippen molar-refractivity contribution in [3.05, 3.63) is 36.5 Å². The number of unbranched alkanes of at least 4 members (excludes halogenated alkanes) is 1. The molecule has 6 heteroatoms. The van der Waals surface area contributed by atoms with Crippen molar-refractivity contribution in [1.82, 2.24) is 0 Å². The molecule has 0 unspecified atom stereocenters. The van der Waals surface area contributed by atoms with Gasteiger partial charge in [-0.15, -0.1) is 0 Å². The number of esters is 3. The van der Waals surface area contributed by atoms with Crippen LogP contribution in [0.15, 0.2) is 36.5 Å². The highest BCUT2D eigenvalue weighted by Crippen LogP contribution is 1.96. The minimum atomic E-state index is -0.588. The van der Waals surface area contributed by atoms with Crippen LogP contribution in [0.1, 0.15) is 40.5 Å². The van der Waals surface area contributed by atoms with E-state index in [0.717, 1.165) is 12.8 Å². The predicted octanol–water partition coefficient (Wildman–Crippen LogP) is 3.09. The monoisotopic (exact) mass is 326 g/mol. The van der Waals surface area contributed by atoms with E-state index in [0.29, 0.717) is 12.2 Å². The Kier molecular flexibility index (Phi) is 13.2. The van der Waals surface area contributed by atoms with Gasteiger partial charge < -0.3 is 14.2 Å². The molecule has 0 heterocycles. The standard InChI is InChI=1S/C9H12O4.C8H14O2/c1-6(2)8(10)12-5-13-9(11)7(3)4;1-4-5-6-10-8(9)7(2)3/h1,3,5H2,2,4H3;2,4-6H2,1,3H3. The van der Waals surface area contributed by atoms with Crippen molar-refractivity contribution in [2.24, 2.45) is 0 Å². The van der Waals surface area contributed by atoms with Crippen LogP contribution >= 0.6 is 0 Å². The number of carbonyl (C=O) groups is 3. The summed E-state index contributed by atoms with van der Waals surface area (Å²) in [4.78, 5) is 32.2. The molecule has 0 bridgehead atoms. The van der Waals surface area contributed by atoms with Gasteiger partial charge in [0.05, 0.1) is 6.61 Å². The second-order valence-corrected chi connectivity index (χ2v) is 4.81. The van der Waals surface area contributed by atoms with Gasteiger partial charge in [0.2, 0.25) is 6.79 Å². The first-order valence-corrected chi connectivity index (χ1v) is 7.11.